The van der Waals surface area contributed by atoms with Gasteiger partial charge in [-0.3, -0.25) is 5.32 Å². The summed E-state index contributed by atoms with van der Waals surface area (Å²) in [7, 11) is 0. The van der Waals surface area contributed by atoms with Crippen LogP contribution in [0.4, 0.5) is 4.39 Å². The SMILES string of the molecule is C#CC(CC)NCc1ccc(F)cc1/C(N)=N/O. The number of nitrogens with zero attached hydrogens (tertiary/aromatic N) is 1. The van der Waals surface area contributed by atoms with Crippen LogP contribution in [0.5, 0.6) is 0 Å². The largest absolute Gasteiger partial charge is 0.409 e. The molecule has 0 bridgehead atoms. The third-order valence-corrected chi connectivity index (χ3v) is 2.60. The molecule has 4 N–H and O–H groups in total. The number of hydrogen-bond acceptors (Lipinski definition) is 3. The van der Waals surface area contributed by atoms with E-state index in [1.165, 1.54) is 12.1 Å². The Hall–Kier alpha value is -2.06. The minimum atomic E-state index is -0.440. The number of rotatable bonds is 5. The molecule has 1 aromatic carbocycles. The first-order valence-corrected chi connectivity index (χ1v) is 5.58. The maximum atomic E-state index is 13.1. The number of halogens is 1. The Morgan fingerprint density at radius 3 is 2.94 bits per heavy atom. The van der Waals surface area contributed by atoms with Gasteiger partial charge < -0.3 is 10.9 Å². The van der Waals surface area contributed by atoms with E-state index < -0.39 is 5.82 Å². The molecule has 0 aliphatic heterocycles. The Kier molecular flexibility index (Phi) is 5.15. The number of hydrogen-bond donors (Lipinski definition) is 3. The molecule has 0 saturated heterocycles. The zero-order valence-electron chi connectivity index (χ0n) is 10.2. The average molecular weight is 249 g/mol. The van der Waals surface area contributed by atoms with Crippen molar-refractivity contribution in [2.45, 2.75) is 25.9 Å². The zero-order chi connectivity index (χ0) is 13.5. The fourth-order valence-electron chi connectivity index (χ4n) is 1.55. The minimum absolute atomic E-state index is 0.0600. The second kappa shape index (κ2) is 6.62. The molecule has 0 radical (unpaired) electrons. The highest BCUT2D eigenvalue weighted by molar-refractivity contribution is 5.98. The van der Waals surface area contributed by atoms with E-state index in [9.17, 15) is 4.39 Å². The van der Waals surface area contributed by atoms with Crippen molar-refractivity contribution in [3.8, 4) is 12.3 Å². The molecule has 0 amide bonds. The fraction of sp³-hybridized carbons (Fsp3) is 0.308. The normalized spacial score (nSPS) is 13.1. The molecule has 0 fully saturated rings. The second-order valence-corrected chi connectivity index (χ2v) is 3.80. The molecule has 0 heterocycles. The molecule has 1 rings (SSSR count). The lowest BCUT2D eigenvalue weighted by atomic mass is 10.1. The van der Waals surface area contributed by atoms with Gasteiger partial charge in [0.15, 0.2) is 5.84 Å². The monoisotopic (exact) mass is 249 g/mol. The van der Waals surface area contributed by atoms with Crippen molar-refractivity contribution in [1.82, 2.24) is 5.32 Å². The van der Waals surface area contributed by atoms with Gasteiger partial charge in [-0.25, -0.2) is 4.39 Å². The summed E-state index contributed by atoms with van der Waals surface area (Å²) in [5.74, 6) is 2.03. The highest BCUT2D eigenvalue weighted by Crippen LogP contribution is 2.11. The summed E-state index contributed by atoms with van der Waals surface area (Å²) in [6, 6.07) is 4.07. The van der Waals surface area contributed by atoms with Gasteiger partial charge in [0.05, 0.1) is 6.04 Å². The van der Waals surface area contributed by atoms with Crippen LogP contribution >= 0.6 is 0 Å². The first kappa shape index (κ1) is 14.0. The van der Waals surface area contributed by atoms with E-state index in [1.807, 2.05) is 6.92 Å². The summed E-state index contributed by atoms with van der Waals surface area (Å²) in [6.45, 7) is 2.39. The summed E-state index contributed by atoms with van der Waals surface area (Å²) >= 11 is 0. The van der Waals surface area contributed by atoms with E-state index in [2.05, 4.69) is 16.4 Å². The summed E-state index contributed by atoms with van der Waals surface area (Å²) in [4.78, 5) is 0. The van der Waals surface area contributed by atoms with Crippen molar-refractivity contribution in [3.63, 3.8) is 0 Å². The molecular weight excluding hydrogens is 233 g/mol. The molecule has 1 atom stereocenters. The standard InChI is InChI=1S/C13H16FN3O/c1-3-11(4-2)16-8-9-5-6-10(14)7-12(9)13(15)17-18/h1,5-7,11,16,18H,4,8H2,2H3,(H2,15,17). The van der Waals surface area contributed by atoms with Gasteiger partial charge in [-0.15, -0.1) is 6.42 Å². The van der Waals surface area contributed by atoms with Crippen LogP contribution in [0.1, 0.15) is 24.5 Å². The third kappa shape index (κ3) is 3.47. The Bertz CT molecular complexity index is 480. The van der Waals surface area contributed by atoms with Gasteiger partial charge in [0.25, 0.3) is 0 Å². The number of oxime groups is 1. The highest BCUT2D eigenvalue weighted by Gasteiger charge is 2.10. The second-order valence-electron chi connectivity index (χ2n) is 3.80. The number of amidine groups is 1. The first-order valence-electron chi connectivity index (χ1n) is 5.58. The average Bonchev–Trinajstić information content (AvgIpc) is 2.40. The van der Waals surface area contributed by atoms with Crippen LogP contribution in [-0.2, 0) is 6.54 Å². The van der Waals surface area contributed by atoms with Crippen molar-refractivity contribution < 1.29 is 9.60 Å². The van der Waals surface area contributed by atoms with Gasteiger partial charge in [0, 0.05) is 12.1 Å². The molecular formula is C13H16FN3O. The molecule has 0 aromatic heterocycles. The molecule has 0 spiro atoms. The zero-order valence-corrected chi connectivity index (χ0v) is 10.2. The van der Waals surface area contributed by atoms with Crippen LogP contribution in [0.15, 0.2) is 23.4 Å². The minimum Gasteiger partial charge on any atom is -0.409 e. The maximum Gasteiger partial charge on any atom is 0.170 e. The predicted molar refractivity (Wildman–Crippen MR) is 68.7 cm³/mol. The summed E-state index contributed by atoms with van der Waals surface area (Å²) in [5, 5.41) is 14.7. The molecule has 96 valence electrons. The van der Waals surface area contributed by atoms with Crippen molar-refractivity contribution in [2.75, 3.05) is 0 Å². The predicted octanol–water partition coefficient (Wildman–Crippen LogP) is 1.42. The highest BCUT2D eigenvalue weighted by atomic mass is 19.1. The summed E-state index contributed by atoms with van der Waals surface area (Å²) in [6.07, 6.45) is 6.12. The lowest BCUT2D eigenvalue weighted by Gasteiger charge is -2.13. The van der Waals surface area contributed by atoms with Gasteiger partial charge in [0.2, 0.25) is 0 Å². The third-order valence-electron chi connectivity index (χ3n) is 2.60. The van der Waals surface area contributed by atoms with E-state index in [0.29, 0.717) is 12.1 Å². The van der Waals surface area contributed by atoms with Gasteiger partial charge in [0.1, 0.15) is 5.82 Å². The van der Waals surface area contributed by atoms with E-state index >= 15 is 0 Å². The molecule has 5 heteroatoms. The van der Waals surface area contributed by atoms with Crippen molar-refractivity contribution >= 4 is 5.84 Å². The lowest BCUT2D eigenvalue weighted by molar-refractivity contribution is 0.318. The van der Waals surface area contributed by atoms with Crippen molar-refractivity contribution in [1.29, 1.82) is 0 Å². The van der Waals surface area contributed by atoms with Crippen LogP contribution in [-0.4, -0.2) is 17.1 Å². The summed E-state index contributed by atoms with van der Waals surface area (Å²) < 4.78 is 13.1. The number of terminal acetylenes is 1. The van der Waals surface area contributed by atoms with Crippen LogP contribution in [0.2, 0.25) is 0 Å². The molecule has 4 nitrogen and oxygen atoms in total. The number of nitrogens with two attached hydrogens (primary N) is 1. The van der Waals surface area contributed by atoms with Crippen molar-refractivity contribution in [2.24, 2.45) is 10.9 Å². The van der Waals surface area contributed by atoms with Gasteiger partial charge in [-0.2, -0.15) is 0 Å². The van der Waals surface area contributed by atoms with E-state index in [4.69, 9.17) is 17.4 Å². The number of nitrogens with one attached hydrogen (secondary N) is 1. The van der Waals surface area contributed by atoms with E-state index in [-0.39, 0.29) is 11.9 Å². The van der Waals surface area contributed by atoms with Gasteiger partial charge in [-0.1, -0.05) is 24.1 Å². The number of benzene rings is 1. The molecule has 0 aliphatic carbocycles. The molecule has 18 heavy (non-hydrogen) atoms. The lowest BCUT2D eigenvalue weighted by Crippen LogP contribution is -2.27. The smallest absolute Gasteiger partial charge is 0.170 e. The molecule has 1 unspecified atom stereocenters. The van der Waals surface area contributed by atoms with Crippen molar-refractivity contribution in [3.05, 3.63) is 35.1 Å². The molecule has 0 saturated carbocycles. The van der Waals surface area contributed by atoms with Crippen LogP contribution in [0.25, 0.3) is 0 Å². The quantitative estimate of drug-likeness (QED) is 0.243. The van der Waals surface area contributed by atoms with E-state index in [1.54, 1.807) is 6.07 Å². The topological polar surface area (TPSA) is 70.6 Å². The Morgan fingerprint density at radius 2 is 2.39 bits per heavy atom. The fourth-order valence-corrected chi connectivity index (χ4v) is 1.55. The Labute approximate surface area is 106 Å². The molecule has 0 aliphatic rings. The summed E-state index contributed by atoms with van der Waals surface area (Å²) in [5.41, 5.74) is 6.58. The first-order chi connectivity index (χ1) is 8.62. The van der Waals surface area contributed by atoms with Crippen LogP contribution in [0.3, 0.4) is 0 Å². The van der Waals surface area contributed by atoms with Gasteiger partial charge >= 0.3 is 0 Å². The maximum absolute atomic E-state index is 13.1. The van der Waals surface area contributed by atoms with Crippen LogP contribution < -0.4 is 11.1 Å². The van der Waals surface area contributed by atoms with Gasteiger partial charge in [-0.05, 0) is 24.1 Å². The Balaban J connectivity index is 2.92. The Morgan fingerprint density at radius 1 is 1.67 bits per heavy atom. The van der Waals surface area contributed by atoms with Crippen LogP contribution in [0, 0.1) is 18.2 Å². The van der Waals surface area contributed by atoms with E-state index in [0.717, 1.165) is 12.0 Å². The molecule has 1 aromatic rings.